The van der Waals surface area contributed by atoms with Gasteiger partial charge in [0, 0.05) is 0 Å². The molecule has 0 aliphatic heterocycles. The Balaban J connectivity index is 2.40. The summed E-state index contributed by atoms with van der Waals surface area (Å²) in [6.07, 6.45) is -4.67. The quantitative estimate of drug-likeness (QED) is 0.907. The summed E-state index contributed by atoms with van der Waals surface area (Å²) in [5.41, 5.74) is -1.57. The van der Waals surface area contributed by atoms with Gasteiger partial charge in [0.2, 0.25) is 0 Å². The molecule has 2 aromatic rings. The van der Waals surface area contributed by atoms with Crippen molar-refractivity contribution in [3.05, 3.63) is 56.4 Å². The van der Waals surface area contributed by atoms with Crippen molar-refractivity contribution in [2.45, 2.75) is 12.7 Å². The molecule has 0 fully saturated rings. The number of hydrogen-bond donors (Lipinski definition) is 1. The molecule has 0 atom stereocenters. The Morgan fingerprint density at radius 3 is 2.33 bits per heavy atom. The molecule has 0 unspecified atom stereocenters. The average Bonchev–Trinajstić information content (AvgIpc) is 2.54. The Labute approximate surface area is 108 Å². The second kappa shape index (κ2) is 4.64. The van der Waals surface area contributed by atoms with Gasteiger partial charge in [-0.15, -0.1) is 0 Å². The molecule has 0 aliphatic rings. The van der Waals surface area contributed by atoms with Crippen molar-refractivity contribution in [2.75, 3.05) is 0 Å². The third-order valence-electron chi connectivity index (χ3n) is 2.37. The third-order valence-corrected chi connectivity index (χ3v) is 3.20. The lowest BCUT2D eigenvalue weighted by molar-refractivity contribution is -0.139. The predicted octanol–water partition coefficient (Wildman–Crippen LogP) is 3.01. The number of hydrogen-bond acceptors (Lipinski definition) is 1. The summed E-state index contributed by atoms with van der Waals surface area (Å²) < 4.78 is 38.6. The Hall–Kier alpha value is -1.50. The molecule has 0 saturated carbocycles. The predicted molar refractivity (Wildman–Crippen MR) is 63.3 cm³/mol. The number of alkyl halides is 3. The monoisotopic (exact) mass is 320 g/mol. The fourth-order valence-electron chi connectivity index (χ4n) is 1.58. The highest BCUT2D eigenvalue weighted by Gasteiger charge is 2.38. The topological polar surface area (TPSA) is 37.8 Å². The maximum absolute atomic E-state index is 12.6. The molecule has 18 heavy (non-hydrogen) atoms. The van der Waals surface area contributed by atoms with Gasteiger partial charge in [0.25, 0.3) is 5.56 Å². The van der Waals surface area contributed by atoms with Gasteiger partial charge in [-0.25, -0.2) is 0 Å². The minimum absolute atomic E-state index is 0.159. The molecule has 0 spiro atoms. The molecule has 0 radical (unpaired) electrons. The van der Waals surface area contributed by atoms with Crippen LogP contribution in [0.25, 0.3) is 0 Å². The normalized spacial score (nSPS) is 11.8. The number of benzene rings is 1. The van der Waals surface area contributed by atoms with E-state index in [2.05, 4.69) is 21.0 Å². The number of nitrogens with one attached hydrogen (secondary N) is 1. The number of aromatic nitrogens is 2. The van der Waals surface area contributed by atoms with Gasteiger partial charge in [-0.05, 0) is 21.5 Å². The van der Waals surface area contributed by atoms with Crippen molar-refractivity contribution >= 4 is 15.9 Å². The van der Waals surface area contributed by atoms with Crippen molar-refractivity contribution in [1.29, 1.82) is 0 Å². The van der Waals surface area contributed by atoms with Gasteiger partial charge < -0.3 is 0 Å². The lowest BCUT2D eigenvalue weighted by atomic mass is 10.2. The van der Waals surface area contributed by atoms with E-state index in [1.165, 1.54) is 0 Å². The summed E-state index contributed by atoms with van der Waals surface area (Å²) in [5, 5.41) is 2.16. The molecule has 1 aromatic carbocycles. The van der Waals surface area contributed by atoms with Gasteiger partial charge in [0.1, 0.15) is 4.60 Å². The van der Waals surface area contributed by atoms with E-state index in [4.69, 9.17) is 0 Å². The molecular formula is C11H8BrF3N2O. The van der Waals surface area contributed by atoms with E-state index in [0.29, 0.717) is 0 Å². The fourth-order valence-corrected chi connectivity index (χ4v) is 2.20. The van der Waals surface area contributed by atoms with Gasteiger partial charge >= 0.3 is 6.18 Å². The first kappa shape index (κ1) is 12.9. The summed E-state index contributed by atoms with van der Waals surface area (Å²) in [7, 11) is 0. The van der Waals surface area contributed by atoms with Crippen LogP contribution in [0.15, 0.2) is 39.7 Å². The highest BCUT2D eigenvalue weighted by atomic mass is 79.9. The largest absolute Gasteiger partial charge is 0.424 e. The van der Waals surface area contributed by atoms with Crippen molar-refractivity contribution in [3.63, 3.8) is 0 Å². The molecule has 1 N–H and O–H groups in total. The number of rotatable bonds is 2. The summed E-state index contributed by atoms with van der Waals surface area (Å²) in [5.74, 6) is 0. The van der Waals surface area contributed by atoms with Crippen LogP contribution < -0.4 is 5.56 Å². The number of H-pyrrole nitrogens is 1. The van der Waals surface area contributed by atoms with Crippen molar-refractivity contribution in [1.82, 2.24) is 9.78 Å². The van der Waals surface area contributed by atoms with Crippen molar-refractivity contribution in [3.8, 4) is 0 Å². The van der Waals surface area contributed by atoms with Crippen LogP contribution in [-0.4, -0.2) is 9.78 Å². The van der Waals surface area contributed by atoms with E-state index in [-0.39, 0.29) is 11.1 Å². The number of halogens is 4. The van der Waals surface area contributed by atoms with Crippen molar-refractivity contribution in [2.24, 2.45) is 0 Å². The zero-order valence-electron chi connectivity index (χ0n) is 8.96. The first-order valence-corrected chi connectivity index (χ1v) is 5.78. The zero-order chi connectivity index (χ0) is 13.3. The smallest absolute Gasteiger partial charge is 0.273 e. The van der Waals surface area contributed by atoms with Gasteiger partial charge in [0.05, 0.1) is 6.54 Å². The van der Waals surface area contributed by atoms with E-state index < -0.39 is 17.3 Å². The molecule has 0 bridgehead atoms. The van der Waals surface area contributed by atoms with Gasteiger partial charge in [0.15, 0.2) is 5.56 Å². The Bertz CT molecular complexity index is 601. The second-order valence-electron chi connectivity index (χ2n) is 3.68. The summed E-state index contributed by atoms with van der Waals surface area (Å²) >= 11 is 2.81. The first-order valence-electron chi connectivity index (χ1n) is 4.99. The van der Waals surface area contributed by atoms with Crippen LogP contribution in [0.1, 0.15) is 11.1 Å². The molecule has 2 rings (SSSR count). The molecule has 3 nitrogen and oxygen atoms in total. The maximum Gasteiger partial charge on any atom is 0.424 e. The van der Waals surface area contributed by atoms with Gasteiger partial charge in [-0.2, -0.15) is 13.2 Å². The second-order valence-corrected chi connectivity index (χ2v) is 4.43. The van der Waals surface area contributed by atoms with Gasteiger partial charge in [-0.3, -0.25) is 14.6 Å². The molecule has 96 valence electrons. The van der Waals surface area contributed by atoms with Crippen LogP contribution in [0.5, 0.6) is 0 Å². The SMILES string of the molecule is O=c1[nH]n(Cc2ccccc2)c(Br)c1C(F)(F)F. The van der Waals surface area contributed by atoms with Crippen LogP contribution in [0, 0.1) is 0 Å². The summed E-state index contributed by atoms with van der Waals surface area (Å²) in [6.45, 7) is 0.159. The molecule has 1 heterocycles. The van der Waals surface area contributed by atoms with Crippen LogP contribution >= 0.6 is 15.9 Å². The maximum atomic E-state index is 12.6. The minimum Gasteiger partial charge on any atom is -0.273 e. The van der Waals surface area contributed by atoms with E-state index in [0.717, 1.165) is 10.2 Å². The summed E-state index contributed by atoms with van der Waals surface area (Å²) in [6, 6.07) is 8.87. The Morgan fingerprint density at radius 2 is 1.83 bits per heavy atom. The highest BCUT2D eigenvalue weighted by molar-refractivity contribution is 9.10. The number of aromatic amines is 1. The first-order chi connectivity index (χ1) is 8.39. The molecule has 0 saturated heterocycles. The minimum atomic E-state index is -4.67. The molecule has 7 heteroatoms. The lowest BCUT2D eigenvalue weighted by Gasteiger charge is -2.06. The van der Waals surface area contributed by atoms with E-state index >= 15 is 0 Å². The standard InChI is InChI=1S/C11H8BrF3N2O/c12-9-8(11(13,14)15)10(18)16-17(9)6-7-4-2-1-3-5-7/h1-5H,6H2,(H,16,18). The third kappa shape index (κ3) is 2.50. The Morgan fingerprint density at radius 1 is 1.22 bits per heavy atom. The zero-order valence-corrected chi connectivity index (χ0v) is 10.5. The lowest BCUT2D eigenvalue weighted by Crippen LogP contribution is -2.16. The summed E-state index contributed by atoms with van der Waals surface area (Å²) in [4.78, 5) is 11.3. The van der Waals surface area contributed by atoms with Gasteiger partial charge in [-0.1, -0.05) is 30.3 Å². The van der Waals surface area contributed by atoms with Crippen LogP contribution in [0.4, 0.5) is 13.2 Å². The van der Waals surface area contributed by atoms with Crippen LogP contribution in [-0.2, 0) is 12.7 Å². The van der Waals surface area contributed by atoms with Crippen molar-refractivity contribution < 1.29 is 13.2 Å². The average molecular weight is 321 g/mol. The van der Waals surface area contributed by atoms with E-state index in [1.54, 1.807) is 30.3 Å². The highest BCUT2D eigenvalue weighted by Crippen LogP contribution is 2.32. The molecule has 0 amide bonds. The Kier molecular flexibility index (Phi) is 3.34. The molecule has 0 aliphatic carbocycles. The van der Waals surface area contributed by atoms with E-state index in [1.807, 2.05) is 0 Å². The van der Waals surface area contributed by atoms with Crippen LogP contribution in [0.3, 0.4) is 0 Å². The fraction of sp³-hybridized carbons (Fsp3) is 0.182. The molecular weight excluding hydrogens is 313 g/mol. The van der Waals surface area contributed by atoms with E-state index in [9.17, 15) is 18.0 Å². The molecule has 1 aromatic heterocycles. The number of nitrogens with zero attached hydrogens (tertiary/aromatic N) is 1. The van der Waals surface area contributed by atoms with Crippen LogP contribution in [0.2, 0.25) is 0 Å².